The Labute approximate surface area is 120 Å². The van der Waals surface area contributed by atoms with Crippen molar-refractivity contribution in [3.8, 4) is 0 Å². The standard InChI is InChI=1S/C14H11ClN5/c15-12-6-5-11-14(17-12)20(19-18-11)13-10-4-2-1-3-9(10)7-8-16-13/h1-6,13H,7-8H2. The van der Waals surface area contributed by atoms with Gasteiger partial charge in [0.1, 0.15) is 16.8 Å². The number of pyridine rings is 1. The van der Waals surface area contributed by atoms with Crippen LogP contribution in [-0.2, 0) is 6.42 Å². The summed E-state index contributed by atoms with van der Waals surface area (Å²) in [5.41, 5.74) is 3.86. The van der Waals surface area contributed by atoms with E-state index in [9.17, 15) is 0 Å². The van der Waals surface area contributed by atoms with Gasteiger partial charge >= 0.3 is 0 Å². The van der Waals surface area contributed by atoms with Crippen LogP contribution in [0.1, 0.15) is 17.3 Å². The zero-order chi connectivity index (χ0) is 13.5. The fourth-order valence-corrected chi connectivity index (χ4v) is 2.74. The summed E-state index contributed by atoms with van der Waals surface area (Å²) in [6, 6.07) is 11.8. The lowest BCUT2D eigenvalue weighted by Gasteiger charge is -2.25. The Bertz CT molecular complexity index is 782. The minimum atomic E-state index is -0.170. The Morgan fingerprint density at radius 1 is 1.15 bits per heavy atom. The lowest BCUT2D eigenvalue weighted by molar-refractivity contribution is 0.401. The van der Waals surface area contributed by atoms with Crippen molar-refractivity contribution in [1.29, 1.82) is 0 Å². The first-order valence-electron chi connectivity index (χ1n) is 6.45. The highest BCUT2D eigenvalue weighted by Gasteiger charge is 2.25. The highest BCUT2D eigenvalue weighted by Crippen LogP contribution is 2.27. The average molecular weight is 285 g/mol. The monoisotopic (exact) mass is 284 g/mol. The van der Waals surface area contributed by atoms with E-state index in [1.807, 2.05) is 12.1 Å². The molecular weight excluding hydrogens is 274 g/mol. The molecule has 0 fully saturated rings. The van der Waals surface area contributed by atoms with Gasteiger partial charge in [0.2, 0.25) is 0 Å². The lowest BCUT2D eigenvalue weighted by Crippen LogP contribution is -2.30. The van der Waals surface area contributed by atoms with Gasteiger partial charge < -0.3 is 0 Å². The number of halogens is 1. The first-order chi connectivity index (χ1) is 9.83. The van der Waals surface area contributed by atoms with Gasteiger partial charge in [-0.2, -0.15) is 0 Å². The molecule has 1 atom stereocenters. The quantitative estimate of drug-likeness (QED) is 0.644. The first-order valence-corrected chi connectivity index (χ1v) is 6.82. The molecule has 0 N–H and O–H groups in total. The van der Waals surface area contributed by atoms with E-state index in [0.717, 1.165) is 24.0 Å². The van der Waals surface area contributed by atoms with Crippen LogP contribution >= 0.6 is 11.6 Å². The van der Waals surface area contributed by atoms with Crippen molar-refractivity contribution in [2.45, 2.75) is 12.6 Å². The van der Waals surface area contributed by atoms with E-state index in [-0.39, 0.29) is 6.17 Å². The summed E-state index contributed by atoms with van der Waals surface area (Å²) in [6.45, 7) is 0.781. The molecule has 0 spiro atoms. The van der Waals surface area contributed by atoms with E-state index in [0.29, 0.717) is 10.8 Å². The predicted molar refractivity (Wildman–Crippen MR) is 75.6 cm³/mol. The topological polar surface area (TPSA) is 57.7 Å². The second-order valence-electron chi connectivity index (χ2n) is 4.74. The number of rotatable bonds is 1. The summed E-state index contributed by atoms with van der Waals surface area (Å²) in [6.07, 6.45) is 0.795. The van der Waals surface area contributed by atoms with Gasteiger partial charge in [-0.15, -0.1) is 5.10 Å². The average Bonchev–Trinajstić information content (AvgIpc) is 2.89. The van der Waals surface area contributed by atoms with Crippen LogP contribution in [0.3, 0.4) is 0 Å². The summed E-state index contributed by atoms with van der Waals surface area (Å²) < 4.78 is 1.75. The summed E-state index contributed by atoms with van der Waals surface area (Å²) in [4.78, 5) is 4.33. The molecule has 1 radical (unpaired) electrons. The fraction of sp³-hybridized carbons (Fsp3) is 0.214. The van der Waals surface area contributed by atoms with Gasteiger partial charge in [-0.05, 0) is 29.7 Å². The number of hydrogen-bond donors (Lipinski definition) is 0. The molecule has 0 amide bonds. The molecule has 1 aliphatic heterocycles. The van der Waals surface area contributed by atoms with Crippen LogP contribution in [0, 0.1) is 0 Å². The van der Waals surface area contributed by atoms with Crippen molar-refractivity contribution in [3.05, 3.63) is 52.7 Å². The van der Waals surface area contributed by atoms with Crippen LogP contribution in [0.5, 0.6) is 0 Å². The molecule has 5 nitrogen and oxygen atoms in total. The van der Waals surface area contributed by atoms with Crippen LogP contribution in [0.25, 0.3) is 11.2 Å². The van der Waals surface area contributed by atoms with Crippen molar-refractivity contribution >= 4 is 22.8 Å². The third-order valence-corrected chi connectivity index (χ3v) is 3.74. The molecule has 6 heteroatoms. The van der Waals surface area contributed by atoms with Gasteiger partial charge in [-0.3, -0.25) is 0 Å². The predicted octanol–water partition coefficient (Wildman–Crippen LogP) is 2.19. The maximum Gasteiger partial charge on any atom is 0.181 e. The Balaban J connectivity index is 1.90. The number of benzene rings is 1. The number of fused-ring (bicyclic) bond motifs is 2. The van der Waals surface area contributed by atoms with Crippen LogP contribution < -0.4 is 5.32 Å². The molecule has 2 aromatic heterocycles. The smallest absolute Gasteiger partial charge is 0.181 e. The van der Waals surface area contributed by atoms with E-state index in [4.69, 9.17) is 11.6 Å². The number of hydrogen-bond acceptors (Lipinski definition) is 3. The summed E-state index contributed by atoms with van der Waals surface area (Å²) in [7, 11) is 0. The van der Waals surface area contributed by atoms with E-state index in [1.165, 1.54) is 5.56 Å². The summed E-state index contributed by atoms with van der Waals surface area (Å²) >= 11 is 5.98. The molecule has 1 unspecified atom stereocenters. The second kappa shape index (κ2) is 4.54. The van der Waals surface area contributed by atoms with Crippen LogP contribution in [0.15, 0.2) is 36.4 Å². The minimum Gasteiger partial charge on any atom is -0.215 e. The third kappa shape index (κ3) is 1.78. The van der Waals surface area contributed by atoms with Crippen LogP contribution in [-0.4, -0.2) is 26.5 Å². The molecule has 1 aliphatic rings. The molecule has 1 aromatic carbocycles. The highest BCUT2D eigenvalue weighted by molar-refractivity contribution is 6.29. The molecule has 3 aromatic rings. The SMILES string of the molecule is Clc1ccc2nnn(C3[N]CCc4ccccc43)c2n1. The molecule has 0 saturated carbocycles. The lowest BCUT2D eigenvalue weighted by atomic mass is 9.99. The normalized spacial score (nSPS) is 18.1. The zero-order valence-corrected chi connectivity index (χ0v) is 11.3. The Hall–Kier alpha value is -1.98. The molecular formula is C14H11ClN5. The Morgan fingerprint density at radius 3 is 3.00 bits per heavy atom. The molecule has 20 heavy (non-hydrogen) atoms. The van der Waals surface area contributed by atoms with Gasteiger partial charge in [0.15, 0.2) is 5.65 Å². The minimum absolute atomic E-state index is 0.170. The van der Waals surface area contributed by atoms with E-state index in [1.54, 1.807) is 10.7 Å². The molecule has 0 aliphatic carbocycles. The molecule has 0 bridgehead atoms. The van der Waals surface area contributed by atoms with Gasteiger partial charge in [0, 0.05) is 6.54 Å². The maximum atomic E-state index is 5.98. The van der Waals surface area contributed by atoms with Gasteiger partial charge in [0.05, 0.1) is 0 Å². The molecule has 3 heterocycles. The third-order valence-electron chi connectivity index (χ3n) is 3.53. The van der Waals surface area contributed by atoms with E-state index in [2.05, 4.69) is 38.8 Å². The molecule has 99 valence electrons. The summed E-state index contributed by atoms with van der Waals surface area (Å²) in [5, 5.41) is 13.5. The highest BCUT2D eigenvalue weighted by atomic mass is 35.5. The number of aromatic nitrogens is 4. The van der Waals surface area contributed by atoms with Crippen molar-refractivity contribution in [2.75, 3.05) is 6.54 Å². The maximum absolute atomic E-state index is 5.98. The number of nitrogens with zero attached hydrogens (tertiary/aromatic N) is 5. The molecule has 4 rings (SSSR count). The van der Waals surface area contributed by atoms with Crippen molar-refractivity contribution in [1.82, 2.24) is 25.3 Å². The van der Waals surface area contributed by atoms with Crippen molar-refractivity contribution in [3.63, 3.8) is 0 Å². The molecule has 0 saturated heterocycles. The van der Waals surface area contributed by atoms with Gasteiger partial charge in [-0.1, -0.05) is 41.1 Å². The van der Waals surface area contributed by atoms with Gasteiger partial charge in [0.25, 0.3) is 0 Å². The Morgan fingerprint density at radius 2 is 2.05 bits per heavy atom. The van der Waals surface area contributed by atoms with E-state index >= 15 is 0 Å². The summed E-state index contributed by atoms with van der Waals surface area (Å²) in [5.74, 6) is 0. The van der Waals surface area contributed by atoms with Crippen molar-refractivity contribution in [2.24, 2.45) is 0 Å². The van der Waals surface area contributed by atoms with E-state index < -0.39 is 0 Å². The Kier molecular flexibility index (Phi) is 2.68. The van der Waals surface area contributed by atoms with Crippen molar-refractivity contribution < 1.29 is 0 Å². The fourth-order valence-electron chi connectivity index (χ4n) is 2.60. The second-order valence-corrected chi connectivity index (χ2v) is 5.13. The van der Waals surface area contributed by atoms with Gasteiger partial charge in [-0.25, -0.2) is 15.0 Å². The van der Waals surface area contributed by atoms with Crippen LogP contribution in [0.4, 0.5) is 0 Å². The zero-order valence-electron chi connectivity index (χ0n) is 10.6. The largest absolute Gasteiger partial charge is 0.215 e. The van der Waals surface area contributed by atoms with Crippen LogP contribution in [0.2, 0.25) is 5.15 Å². The first kappa shape index (κ1) is 11.8.